The molecule has 0 aliphatic heterocycles. The molecule has 0 aliphatic carbocycles. The maximum absolute atomic E-state index is 11.6. The summed E-state index contributed by atoms with van der Waals surface area (Å²) >= 11 is 0. The quantitative estimate of drug-likeness (QED) is 0.737. The molecular weight excluding hydrogens is 180 g/mol. The van der Waals surface area contributed by atoms with Gasteiger partial charge < -0.3 is 11.1 Å². The fourth-order valence-corrected chi connectivity index (χ4v) is 0.918. The maximum atomic E-state index is 11.6. The lowest BCUT2D eigenvalue weighted by Crippen LogP contribution is -2.32. The van der Waals surface area contributed by atoms with E-state index in [1.807, 2.05) is 13.8 Å². The number of carbonyl (C=O) groups is 1. The van der Waals surface area contributed by atoms with E-state index in [0.29, 0.717) is 5.56 Å². The largest absolute Gasteiger partial charge is 0.383 e. The van der Waals surface area contributed by atoms with Gasteiger partial charge in [-0.1, -0.05) is 6.92 Å². The van der Waals surface area contributed by atoms with Gasteiger partial charge in [-0.3, -0.25) is 4.79 Å². The van der Waals surface area contributed by atoms with Crippen molar-refractivity contribution < 1.29 is 4.79 Å². The number of nitrogens with one attached hydrogen (secondary N) is 1. The van der Waals surface area contributed by atoms with Crippen LogP contribution in [0, 0.1) is 0 Å². The Kier molecular flexibility index (Phi) is 3.39. The van der Waals surface area contributed by atoms with Crippen LogP contribution in [0.2, 0.25) is 0 Å². The first-order chi connectivity index (χ1) is 6.65. The number of amides is 1. The summed E-state index contributed by atoms with van der Waals surface area (Å²) in [5.41, 5.74) is 5.85. The van der Waals surface area contributed by atoms with Gasteiger partial charge in [-0.15, -0.1) is 0 Å². The maximum Gasteiger partial charge on any atom is 0.256 e. The Bertz CT molecular complexity index is 326. The number of carbonyl (C=O) groups excluding carboxylic acids is 1. The number of nitrogens with zero attached hydrogens (tertiary/aromatic N) is 2. The summed E-state index contributed by atoms with van der Waals surface area (Å²) < 4.78 is 0. The molecule has 1 aromatic rings. The Balaban J connectivity index is 2.75. The van der Waals surface area contributed by atoms with Crippen molar-refractivity contribution in [1.82, 2.24) is 15.3 Å². The molecule has 0 fully saturated rings. The number of hydrogen-bond acceptors (Lipinski definition) is 4. The molecule has 0 aliphatic rings. The van der Waals surface area contributed by atoms with Gasteiger partial charge in [0.1, 0.15) is 12.1 Å². The molecule has 0 saturated carbocycles. The minimum absolute atomic E-state index is 0.127. The molecule has 1 amide bonds. The molecule has 0 aromatic carbocycles. The lowest BCUT2D eigenvalue weighted by Gasteiger charge is -2.11. The van der Waals surface area contributed by atoms with Crippen molar-refractivity contribution >= 4 is 11.7 Å². The molecule has 14 heavy (non-hydrogen) atoms. The first kappa shape index (κ1) is 10.4. The molecule has 1 aromatic heterocycles. The number of anilines is 1. The summed E-state index contributed by atoms with van der Waals surface area (Å²) in [7, 11) is 0. The summed E-state index contributed by atoms with van der Waals surface area (Å²) in [5, 5.41) is 2.79. The van der Waals surface area contributed by atoms with Crippen LogP contribution in [0.15, 0.2) is 12.5 Å². The van der Waals surface area contributed by atoms with Crippen LogP contribution in [-0.4, -0.2) is 21.9 Å². The first-order valence-electron chi connectivity index (χ1n) is 4.51. The highest BCUT2D eigenvalue weighted by atomic mass is 16.1. The van der Waals surface area contributed by atoms with E-state index in [1.165, 1.54) is 12.5 Å². The Morgan fingerprint density at radius 3 is 3.00 bits per heavy atom. The highest BCUT2D eigenvalue weighted by Crippen LogP contribution is 2.05. The summed E-state index contributed by atoms with van der Waals surface area (Å²) in [4.78, 5) is 19.1. The third-order valence-electron chi connectivity index (χ3n) is 1.98. The molecule has 0 saturated heterocycles. The van der Waals surface area contributed by atoms with Crippen LogP contribution in [0.25, 0.3) is 0 Å². The van der Waals surface area contributed by atoms with Crippen LogP contribution >= 0.6 is 0 Å². The molecule has 76 valence electrons. The highest BCUT2D eigenvalue weighted by Gasteiger charge is 2.11. The Labute approximate surface area is 82.7 Å². The van der Waals surface area contributed by atoms with Gasteiger partial charge in [0.15, 0.2) is 0 Å². The van der Waals surface area contributed by atoms with Crippen LogP contribution < -0.4 is 11.1 Å². The van der Waals surface area contributed by atoms with Crippen LogP contribution in [0.4, 0.5) is 5.82 Å². The van der Waals surface area contributed by atoms with E-state index >= 15 is 0 Å². The monoisotopic (exact) mass is 194 g/mol. The molecule has 1 unspecified atom stereocenters. The van der Waals surface area contributed by atoms with Crippen molar-refractivity contribution in [3.05, 3.63) is 18.1 Å². The zero-order valence-electron chi connectivity index (χ0n) is 8.32. The Morgan fingerprint density at radius 2 is 2.43 bits per heavy atom. The molecule has 3 N–H and O–H groups in total. The zero-order valence-corrected chi connectivity index (χ0v) is 8.32. The topological polar surface area (TPSA) is 80.9 Å². The average Bonchev–Trinajstić information content (AvgIpc) is 2.18. The molecule has 1 atom stereocenters. The molecule has 0 spiro atoms. The zero-order chi connectivity index (χ0) is 10.6. The average molecular weight is 194 g/mol. The van der Waals surface area contributed by atoms with E-state index in [0.717, 1.165) is 6.42 Å². The highest BCUT2D eigenvalue weighted by molar-refractivity contribution is 5.98. The fraction of sp³-hybridized carbons (Fsp3) is 0.444. The number of nitrogens with two attached hydrogens (primary N) is 1. The van der Waals surface area contributed by atoms with Gasteiger partial charge in [-0.05, 0) is 13.3 Å². The van der Waals surface area contributed by atoms with Crippen molar-refractivity contribution in [2.75, 3.05) is 5.73 Å². The van der Waals surface area contributed by atoms with Gasteiger partial charge in [0.05, 0.1) is 5.56 Å². The van der Waals surface area contributed by atoms with E-state index in [9.17, 15) is 4.79 Å². The lowest BCUT2D eigenvalue weighted by atomic mass is 10.2. The van der Waals surface area contributed by atoms with Crippen molar-refractivity contribution in [3.63, 3.8) is 0 Å². The molecule has 5 nitrogen and oxygen atoms in total. The molecule has 1 heterocycles. The van der Waals surface area contributed by atoms with Crippen molar-refractivity contribution in [2.45, 2.75) is 26.3 Å². The predicted molar refractivity (Wildman–Crippen MR) is 53.7 cm³/mol. The number of nitrogen functional groups attached to an aromatic ring is 1. The Hall–Kier alpha value is -1.65. The first-order valence-corrected chi connectivity index (χ1v) is 4.51. The fourth-order valence-electron chi connectivity index (χ4n) is 0.918. The molecule has 1 rings (SSSR count). The van der Waals surface area contributed by atoms with E-state index < -0.39 is 0 Å². The molecule has 0 bridgehead atoms. The summed E-state index contributed by atoms with van der Waals surface area (Å²) in [5.74, 6) is -0.0155. The summed E-state index contributed by atoms with van der Waals surface area (Å²) in [6.45, 7) is 3.92. The van der Waals surface area contributed by atoms with Crippen molar-refractivity contribution in [2.24, 2.45) is 0 Å². The van der Waals surface area contributed by atoms with Crippen LogP contribution in [-0.2, 0) is 0 Å². The predicted octanol–water partition coefficient (Wildman–Crippen LogP) is 0.587. The number of rotatable bonds is 3. The van der Waals surface area contributed by atoms with E-state index in [-0.39, 0.29) is 17.8 Å². The molecule has 0 radical (unpaired) electrons. The molecular formula is C9H14N4O. The van der Waals surface area contributed by atoms with E-state index in [4.69, 9.17) is 5.73 Å². The van der Waals surface area contributed by atoms with Gasteiger partial charge in [-0.2, -0.15) is 0 Å². The van der Waals surface area contributed by atoms with E-state index in [1.54, 1.807) is 0 Å². The Morgan fingerprint density at radius 1 is 1.71 bits per heavy atom. The smallest absolute Gasteiger partial charge is 0.256 e. The minimum atomic E-state index is -0.225. The summed E-state index contributed by atoms with van der Waals surface area (Å²) in [6, 6.07) is 0.127. The van der Waals surface area contributed by atoms with Gasteiger partial charge in [0.25, 0.3) is 5.91 Å². The number of hydrogen-bond donors (Lipinski definition) is 2. The molecule has 5 heteroatoms. The van der Waals surface area contributed by atoms with Crippen molar-refractivity contribution in [1.29, 1.82) is 0 Å². The third kappa shape index (κ3) is 2.42. The second-order valence-electron chi connectivity index (χ2n) is 3.10. The van der Waals surface area contributed by atoms with E-state index in [2.05, 4.69) is 15.3 Å². The van der Waals surface area contributed by atoms with Gasteiger partial charge in [0, 0.05) is 12.2 Å². The van der Waals surface area contributed by atoms with Crippen LogP contribution in [0.1, 0.15) is 30.6 Å². The standard InChI is InChI=1S/C9H14N4O/c1-3-6(2)13-9(14)7-4-11-5-12-8(7)10/h4-6H,3H2,1-2H3,(H,13,14)(H2,10,11,12). The van der Waals surface area contributed by atoms with Crippen LogP contribution in [0.5, 0.6) is 0 Å². The summed E-state index contributed by atoms with van der Waals surface area (Å²) in [6.07, 6.45) is 3.61. The van der Waals surface area contributed by atoms with Gasteiger partial charge in [-0.25, -0.2) is 9.97 Å². The normalized spacial score (nSPS) is 12.1. The van der Waals surface area contributed by atoms with Crippen LogP contribution in [0.3, 0.4) is 0 Å². The SMILES string of the molecule is CCC(C)NC(=O)c1cncnc1N. The van der Waals surface area contributed by atoms with Crippen molar-refractivity contribution in [3.8, 4) is 0 Å². The lowest BCUT2D eigenvalue weighted by molar-refractivity contribution is 0.0939. The van der Waals surface area contributed by atoms with Gasteiger partial charge in [0.2, 0.25) is 0 Å². The third-order valence-corrected chi connectivity index (χ3v) is 1.98. The van der Waals surface area contributed by atoms with Gasteiger partial charge >= 0.3 is 0 Å². The second-order valence-corrected chi connectivity index (χ2v) is 3.10. The second kappa shape index (κ2) is 4.55. The number of aromatic nitrogens is 2. The minimum Gasteiger partial charge on any atom is -0.383 e.